The molecule has 1 N–H and O–H groups in total. The molecule has 0 spiro atoms. The maximum atomic E-state index is 9.19. The van der Waals surface area contributed by atoms with Gasteiger partial charge in [0.05, 0.1) is 12.6 Å². The summed E-state index contributed by atoms with van der Waals surface area (Å²) < 4.78 is 6.47. The van der Waals surface area contributed by atoms with Crippen LogP contribution in [0.15, 0.2) is 30.3 Å². The van der Waals surface area contributed by atoms with Crippen LogP contribution in [0.3, 0.4) is 0 Å². The van der Waals surface area contributed by atoms with Gasteiger partial charge in [-0.15, -0.1) is 0 Å². The Kier molecular flexibility index (Phi) is 3.28. The van der Waals surface area contributed by atoms with Gasteiger partial charge in [0.25, 0.3) is 0 Å². The zero-order valence-corrected chi connectivity index (χ0v) is 9.97. The van der Waals surface area contributed by atoms with E-state index in [1.54, 1.807) is 0 Å². The Morgan fingerprint density at radius 3 is 2.56 bits per heavy atom. The van der Waals surface area contributed by atoms with Crippen LogP contribution >= 0.6 is 0 Å². The van der Waals surface area contributed by atoms with Crippen molar-refractivity contribution in [2.45, 2.75) is 26.0 Å². The van der Waals surface area contributed by atoms with E-state index in [1.165, 1.54) is 5.69 Å². The Morgan fingerprint density at radius 1 is 1.38 bits per heavy atom. The lowest BCUT2D eigenvalue weighted by Crippen LogP contribution is -2.53. The fourth-order valence-corrected chi connectivity index (χ4v) is 2.38. The SMILES string of the molecule is CC(C)[N+]1(c2ccccc2)COC(CO)C1. The van der Waals surface area contributed by atoms with Crippen LogP contribution in [0.1, 0.15) is 13.8 Å². The Balaban J connectivity index is 2.31. The van der Waals surface area contributed by atoms with Gasteiger partial charge < -0.3 is 9.84 Å². The third-order valence-electron chi connectivity index (χ3n) is 3.53. The van der Waals surface area contributed by atoms with E-state index in [9.17, 15) is 5.11 Å². The largest absolute Gasteiger partial charge is 0.393 e. The highest BCUT2D eigenvalue weighted by atomic mass is 16.5. The molecule has 0 amide bonds. The average Bonchev–Trinajstić information content (AvgIpc) is 2.75. The highest BCUT2D eigenvalue weighted by Crippen LogP contribution is 2.31. The first-order valence-corrected chi connectivity index (χ1v) is 5.84. The molecule has 88 valence electrons. The first-order valence-electron chi connectivity index (χ1n) is 5.84. The number of aliphatic hydroxyl groups is 1. The molecule has 0 aromatic heterocycles. The number of aliphatic hydroxyl groups excluding tert-OH is 1. The van der Waals surface area contributed by atoms with Crippen molar-refractivity contribution in [1.29, 1.82) is 0 Å². The minimum Gasteiger partial charge on any atom is -0.393 e. The summed E-state index contributed by atoms with van der Waals surface area (Å²) in [4.78, 5) is 0. The standard InChI is InChI=1S/C13H20NO2/c1-11(2)14(8-13(9-15)16-10-14)12-6-4-3-5-7-12/h3-7,11,13,15H,8-10H2,1-2H3/q+1. The molecule has 1 saturated heterocycles. The van der Waals surface area contributed by atoms with Crippen molar-refractivity contribution < 1.29 is 9.84 Å². The Labute approximate surface area is 96.9 Å². The van der Waals surface area contributed by atoms with E-state index < -0.39 is 0 Å². The predicted molar refractivity (Wildman–Crippen MR) is 65.1 cm³/mol. The van der Waals surface area contributed by atoms with E-state index in [-0.39, 0.29) is 12.7 Å². The lowest BCUT2D eigenvalue weighted by Gasteiger charge is -2.36. The van der Waals surface area contributed by atoms with Crippen molar-refractivity contribution in [2.75, 3.05) is 19.9 Å². The molecule has 0 radical (unpaired) electrons. The van der Waals surface area contributed by atoms with Crippen LogP contribution < -0.4 is 4.48 Å². The first kappa shape index (κ1) is 11.6. The highest BCUT2D eigenvalue weighted by molar-refractivity contribution is 5.43. The molecule has 2 atom stereocenters. The lowest BCUT2D eigenvalue weighted by molar-refractivity contribution is 0.0494. The van der Waals surface area contributed by atoms with Crippen molar-refractivity contribution in [2.24, 2.45) is 0 Å². The zero-order chi connectivity index (χ0) is 11.6. The lowest BCUT2D eigenvalue weighted by atomic mass is 10.1. The van der Waals surface area contributed by atoms with E-state index in [2.05, 4.69) is 38.1 Å². The van der Waals surface area contributed by atoms with Gasteiger partial charge in [0.2, 0.25) is 0 Å². The fourth-order valence-electron chi connectivity index (χ4n) is 2.38. The summed E-state index contributed by atoms with van der Waals surface area (Å²) in [5.74, 6) is 0. The Hall–Kier alpha value is -0.900. The van der Waals surface area contributed by atoms with Crippen molar-refractivity contribution in [3.8, 4) is 0 Å². The maximum Gasteiger partial charge on any atom is 0.188 e. The average molecular weight is 222 g/mol. The van der Waals surface area contributed by atoms with Crippen LogP contribution in [-0.4, -0.2) is 37.1 Å². The van der Waals surface area contributed by atoms with Crippen LogP contribution in [0.25, 0.3) is 0 Å². The molecule has 1 aliphatic heterocycles. The smallest absolute Gasteiger partial charge is 0.188 e. The van der Waals surface area contributed by atoms with Crippen LogP contribution in [0.5, 0.6) is 0 Å². The number of rotatable bonds is 3. The third-order valence-corrected chi connectivity index (χ3v) is 3.53. The van der Waals surface area contributed by atoms with Crippen LogP contribution in [-0.2, 0) is 4.74 Å². The molecule has 1 heterocycles. The van der Waals surface area contributed by atoms with Crippen molar-refractivity contribution in [1.82, 2.24) is 4.48 Å². The number of para-hydroxylation sites is 1. The van der Waals surface area contributed by atoms with Gasteiger partial charge in [0, 0.05) is 0 Å². The number of quaternary nitrogens is 1. The molecular formula is C13H20NO2+. The Bertz CT molecular complexity index is 339. The molecule has 0 bridgehead atoms. The van der Waals surface area contributed by atoms with Gasteiger partial charge in [0.1, 0.15) is 18.3 Å². The third kappa shape index (κ3) is 1.86. The summed E-state index contributed by atoms with van der Waals surface area (Å²) in [5, 5.41) is 9.19. The normalized spacial score (nSPS) is 29.9. The van der Waals surface area contributed by atoms with Gasteiger partial charge in [-0.3, -0.25) is 4.48 Å². The topological polar surface area (TPSA) is 29.5 Å². The van der Waals surface area contributed by atoms with Crippen molar-refractivity contribution >= 4 is 5.69 Å². The number of ether oxygens (including phenoxy) is 1. The van der Waals surface area contributed by atoms with E-state index in [0.29, 0.717) is 12.8 Å². The molecule has 2 unspecified atom stereocenters. The summed E-state index contributed by atoms with van der Waals surface area (Å²) in [7, 11) is 0. The minimum absolute atomic E-state index is 0.0254. The molecule has 0 aliphatic carbocycles. The van der Waals surface area contributed by atoms with E-state index in [0.717, 1.165) is 11.0 Å². The second-order valence-electron chi connectivity index (χ2n) is 4.75. The molecule has 1 aliphatic rings. The van der Waals surface area contributed by atoms with Crippen LogP contribution in [0.4, 0.5) is 5.69 Å². The molecule has 3 nitrogen and oxygen atoms in total. The fraction of sp³-hybridized carbons (Fsp3) is 0.538. The second kappa shape index (κ2) is 4.53. The number of benzene rings is 1. The van der Waals surface area contributed by atoms with Gasteiger partial charge in [-0.25, -0.2) is 0 Å². The maximum absolute atomic E-state index is 9.19. The quantitative estimate of drug-likeness (QED) is 0.790. The summed E-state index contributed by atoms with van der Waals surface area (Å²) in [6, 6.07) is 10.9. The summed E-state index contributed by atoms with van der Waals surface area (Å²) >= 11 is 0. The van der Waals surface area contributed by atoms with E-state index in [1.807, 2.05) is 6.07 Å². The van der Waals surface area contributed by atoms with Gasteiger partial charge in [-0.1, -0.05) is 18.2 Å². The summed E-state index contributed by atoms with van der Waals surface area (Å²) in [6.07, 6.45) is -0.0254. The molecule has 1 fully saturated rings. The molecule has 1 aromatic rings. The zero-order valence-electron chi connectivity index (χ0n) is 9.97. The van der Waals surface area contributed by atoms with E-state index in [4.69, 9.17) is 4.74 Å². The summed E-state index contributed by atoms with van der Waals surface area (Å²) in [5.41, 5.74) is 1.27. The number of hydrogen-bond acceptors (Lipinski definition) is 2. The number of hydrogen-bond donors (Lipinski definition) is 1. The van der Waals surface area contributed by atoms with Crippen LogP contribution in [0.2, 0.25) is 0 Å². The van der Waals surface area contributed by atoms with Gasteiger partial charge in [-0.05, 0) is 26.0 Å². The molecule has 0 saturated carbocycles. The predicted octanol–water partition coefficient (Wildman–Crippen LogP) is 1.75. The van der Waals surface area contributed by atoms with Gasteiger partial charge in [-0.2, -0.15) is 0 Å². The Morgan fingerprint density at radius 2 is 2.06 bits per heavy atom. The molecule has 1 aromatic carbocycles. The van der Waals surface area contributed by atoms with Crippen LogP contribution in [0, 0.1) is 0 Å². The monoisotopic (exact) mass is 222 g/mol. The van der Waals surface area contributed by atoms with Crippen molar-refractivity contribution in [3.63, 3.8) is 0 Å². The molecular weight excluding hydrogens is 202 g/mol. The summed E-state index contributed by atoms with van der Waals surface area (Å²) in [6.45, 7) is 6.04. The molecule has 2 rings (SSSR count). The van der Waals surface area contributed by atoms with E-state index >= 15 is 0 Å². The van der Waals surface area contributed by atoms with Gasteiger partial charge in [0.15, 0.2) is 6.73 Å². The molecule has 3 heteroatoms. The number of nitrogens with zero attached hydrogens (tertiary/aromatic N) is 1. The second-order valence-corrected chi connectivity index (χ2v) is 4.75. The highest BCUT2D eigenvalue weighted by Gasteiger charge is 2.43. The first-order chi connectivity index (χ1) is 7.69. The minimum atomic E-state index is -0.0254. The van der Waals surface area contributed by atoms with Crippen molar-refractivity contribution in [3.05, 3.63) is 30.3 Å². The van der Waals surface area contributed by atoms with Gasteiger partial charge >= 0.3 is 0 Å². The molecule has 16 heavy (non-hydrogen) atoms.